The van der Waals surface area contributed by atoms with Gasteiger partial charge in [0.1, 0.15) is 5.82 Å². The van der Waals surface area contributed by atoms with Crippen molar-refractivity contribution in [2.24, 2.45) is 0 Å². The molecule has 1 atom stereocenters. The third-order valence-electron chi connectivity index (χ3n) is 5.02. The summed E-state index contributed by atoms with van der Waals surface area (Å²) in [7, 11) is 4.03. The number of amides is 1. The molecule has 1 fully saturated rings. The SMILES string of the molecule is CCC1CCCCN1C(=O)c1ccnc(Nc2ccc(N(C)C)cc2)c1. The van der Waals surface area contributed by atoms with Crippen LogP contribution in [0.5, 0.6) is 0 Å². The Morgan fingerprint density at radius 2 is 2.00 bits per heavy atom. The summed E-state index contributed by atoms with van der Waals surface area (Å²) in [5.74, 6) is 0.809. The number of pyridine rings is 1. The normalized spacial score (nSPS) is 17.0. The van der Waals surface area contributed by atoms with Gasteiger partial charge in [0.25, 0.3) is 5.91 Å². The average Bonchev–Trinajstić information content (AvgIpc) is 2.68. The van der Waals surface area contributed by atoms with Crippen LogP contribution < -0.4 is 10.2 Å². The van der Waals surface area contributed by atoms with Crippen molar-refractivity contribution in [1.82, 2.24) is 9.88 Å². The minimum atomic E-state index is 0.116. The van der Waals surface area contributed by atoms with Crippen molar-refractivity contribution in [2.75, 3.05) is 30.9 Å². The molecule has 1 aromatic carbocycles. The maximum Gasteiger partial charge on any atom is 0.254 e. The summed E-state index contributed by atoms with van der Waals surface area (Å²) >= 11 is 0. The molecule has 0 aliphatic carbocycles. The number of piperidine rings is 1. The van der Waals surface area contributed by atoms with Crippen LogP contribution in [0, 0.1) is 0 Å². The highest BCUT2D eigenvalue weighted by atomic mass is 16.2. The number of carbonyl (C=O) groups excluding carboxylic acids is 1. The Balaban J connectivity index is 1.74. The maximum absolute atomic E-state index is 13.0. The first kappa shape index (κ1) is 18.2. The van der Waals surface area contributed by atoms with Crippen LogP contribution in [0.25, 0.3) is 0 Å². The Labute approximate surface area is 156 Å². The molecular weight excluding hydrogens is 324 g/mol. The molecule has 1 aromatic heterocycles. The summed E-state index contributed by atoms with van der Waals surface area (Å²) in [6.45, 7) is 3.02. The standard InChI is InChI=1S/C21H28N4O/c1-4-18-7-5-6-14-25(18)21(26)16-12-13-22-20(15-16)23-17-8-10-19(11-9-17)24(2)3/h8-13,15,18H,4-7,14H2,1-3H3,(H,22,23). The molecule has 1 N–H and O–H groups in total. The number of aromatic nitrogens is 1. The predicted molar refractivity (Wildman–Crippen MR) is 107 cm³/mol. The van der Waals surface area contributed by atoms with E-state index in [2.05, 4.69) is 34.3 Å². The van der Waals surface area contributed by atoms with Crippen LogP contribution in [0.1, 0.15) is 43.0 Å². The van der Waals surface area contributed by atoms with E-state index in [4.69, 9.17) is 0 Å². The van der Waals surface area contributed by atoms with Crippen molar-refractivity contribution in [3.63, 3.8) is 0 Å². The Morgan fingerprint density at radius 3 is 2.69 bits per heavy atom. The smallest absolute Gasteiger partial charge is 0.254 e. The molecule has 1 saturated heterocycles. The third kappa shape index (κ3) is 4.15. The first-order chi connectivity index (χ1) is 12.6. The summed E-state index contributed by atoms with van der Waals surface area (Å²) in [4.78, 5) is 21.4. The van der Waals surface area contributed by atoms with Gasteiger partial charge in [-0.15, -0.1) is 0 Å². The minimum absolute atomic E-state index is 0.116. The molecule has 138 valence electrons. The van der Waals surface area contributed by atoms with Gasteiger partial charge in [0.05, 0.1) is 0 Å². The first-order valence-electron chi connectivity index (χ1n) is 9.40. The van der Waals surface area contributed by atoms with E-state index < -0.39 is 0 Å². The summed E-state index contributed by atoms with van der Waals surface area (Å²) in [5.41, 5.74) is 2.80. The molecule has 2 heterocycles. The Morgan fingerprint density at radius 1 is 1.23 bits per heavy atom. The van der Waals surface area contributed by atoms with Gasteiger partial charge in [-0.05, 0) is 62.1 Å². The molecule has 2 aromatic rings. The number of hydrogen-bond donors (Lipinski definition) is 1. The third-order valence-corrected chi connectivity index (χ3v) is 5.02. The van der Waals surface area contributed by atoms with E-state index in [0.717, 1.165) is 37.2 Å². The summed E-state index contributed by atoms with van der Waals surface area (Å²) in [6, 6.07) is 12.2. The molecule has 0 saturated carbocycles. The molecule has 5 heteroatoms. The van der Waals surface area contributed by atoms with E-state index in [9.17, 15) is 4.79 Å². The molecular formula is C21H28N4O. The van der Waals surface area contributed by atoms with Crippen LogP contribution in [0.15, 0.2) is 42.6 Å². The first-order valence-corrected chi connectivity index (χ1v) is 9.40. The van der Waals surface area contributed by atoms with Gasteiger partial charge < -0.3 is 15.1 Å². The largest absolute Gasteiger partial charge is 0.378 e. The molecule has 1 amide bonds. The lowest BCUT2D eigenvalue weighted by Crippen LogP contribution is -2.43. The fourth-order valence-electron chi connectivity index (χ4n) is 3.48. The van der Waals surface area contributed by atoms with Crippen molar-refractivity contribution < 1.29 is 4.79 Å². The Kier molecular flexibility index (Phi) is 5.76. The van der Waals surface area contributed by atoms with Gasteiger partial charge >= 0.3 is 0 Å². The van der Waals surface area contributed by atoms with Crippen LogP contribution in [-0.2, 0) is 0 Å². The number of carbonyl (C=O) groups is 1. The lowest BCUT2D eigenvalue weighted by Gasteiger charge is -2.35. The average molecular weight is 352 g/mol. The number of hydrogen-bond acceptors (Lipinski definition) is 4. The quantitative estimate of drug-likeness (QED) is 0.872. The fraction of sp³-hybridized carbons (Fsp3) is 0.429. The van der Waals surface area contributed by atoms with Crippen LogP contribution >= 0.6 is 0 Å². The fourth-order valence-corrected chi connectivity index (χ4v) is 3.48. The molecule has 0 spiro atoms. The zero-order valence-corrected chi connectivity index (χ0v) is 15.9. The van der Waals surface area contributed by atoms with Gasteiger partial charge in [-0.1, -0.05) is 6.92 Å². The van der Waals surface area contributed by atoms with E-state index in [0.29, 0.717) is 17.4 Å². The molecule has 1 unspecified atom stereocenters. The molecule has 26 heavy (non-hydrogen) atoms. The van der Waals surface area contributed by atoms with Gasteiger partial charge in [-0.2, -0.15) is 0 Å². The Hall–Kier alpha value is -2.56. The molecule has 5 nitrogen and oxygen atoms in total. The molecule has 1 aliphatic rings. The predicted octanol–water partition coefficient (Wildman–Crippen LogP) is 4.30. The number of anilines is 3. The number of nitrogens with zero attached hydrogens (tertiary/aromatic N) is 3. The lowest BCUT2D eigenvalue weighted by atomic mass is 9.99. The highest BCUT2D eigenvalue weighted by molar-refractivity contribution is 5.95. The van der Waals surface area contributed by atoms with Gasteiger partial charge in [0.15, 0.2) is 0 Å². The highest BCUT2D eigenvalue weighted by Crippen LogP contribution is 2.23. The highest BCUT2D eigenvalue weighted by Gasteiger charge is 2.26. The van der Waals surface area contributed by atoms with E-state index in [-0.39, 0.29) is 5.91 Å². The number of benzene rings is 1. The van der Waals surface area contributed by atoms with Crippen molar-refractivity contribution in [3.8, 4) is 0 Å². The zero-order chi connectivity index (χ0) is 18.5. The summed E-state index contributed by atoms with van der Waals surface area (Å²) in [5, 5.41) is 3.29. The van der Waals surface area contributed by atoms with Crippen LogP contribution in [0.2, 0.25) is 0 Å². The van der Waals surface area contributed by atoms with Crippen LogP contribution in [0.4, 0.5) is 17.2 Å². The van der Waals surface area contributed by atoms with E-state index >= 15 is 0 Å². The molecule has 0 bridgehead atoms. The van der Waals surface area contributed by atoms with E-state index in [1.54, 1.807) is 6.20 Å². The molecule has 3 rings (SSSR count). The van der Waals surface area contributed by atoms with Crippen molar-refractivity contribution >= 4 is 23.1 Å². The van der Waals surface area contributed by atoms with Crippen LogP contribution in [0.3, 0.4) is 0 Å². The second-order valence-electron chi connectivity index (χ2n) is 7.05. The minimum Gasteiger partial charge on any atom is -0.378 e. The summed E-state index contributed by atoms with van der Waals surface area (Å²) in [6.07, 6.45) is 6.14. The molecule has 1 aliphatic heterocycles. The lowest BCUT2D eigenvalue weighted by molar-refractivity contribution is 0.0608. The van der Waals surface area contributed by atoms with Crippen LogP contribution in [-0.4, -0.2) is 42.5 Å². The number of nitrogens with one attached hydrogen (secondary N) is 1. The molecule has 0 radical (unpaired) electrons. The second-order valence-corrected chi connectivity index (χ2v) is 7.05. The second kappa shape index (κ2) is 8.21. The van der Waals surface area contributed by atoms with E-state index in [1.807, 2.05) is 43.3 Å². The van der Waals surface area contributed by atoms with Crippen molar-refractivity contribution in [1.29, 1.82) is 0 Å². The van der Waals surface area contributed by atoms with Crippen molar-refractivity contribution in [2.45, 2.75) is 38.6 Å². The van der Waals surface area contributed by atoms with Gasteiger partial charge in [-0.3, -0.25) is 4.79 Å². The number of rotatable bonds is 5. The van der Waals surface area contributed by atoms with E-state index in [1.165, 1.54) is 6.42 Å². The summed E-state index contributed by atoms with van der Waals surface area (Å²) < 4.78 is 0. The maximum atomic E-state index is 13.0. The van der Waals surface area contributed by atoms with Gasteiger partial charge in [0, 0.05) is 49.8 Å². The monoisotopic (exact) mass is 352 g/mol. The Bertz CT molecular complexity index is 742. The number of likely N-dealkylation sites (tertiary alicyclic amines) is 1. The van der Waals surface area contributed by atoms with Gasteiger partial charge in [0.2, 0.25) is 0 Å². The van der Waals surface area contributed by atoms with Crippen molar-refractivity contribution in [3.05, 3.63) is 48.2 Å². The topological polar surface area (TPSA) is 48.5 Å². The zero-order valence-electron chi connectivity index (χ0n) is 15.9. The van der Waals surface area contributed by atoms with Gasteiger partial charge in [-0.25, -0.2) is 4.98 Å².